The number of halogens is 3. The van der Waals surface area contributed by atoms with E-state index in [1.165, 1.54) is 47.0 Å². The molecule has 1 fully saturated rings. The second-order valence-corrected chi connectivity index (χ2v) is 13.6. The van der Waals surface area contributed by atoms with Crippen LogP contribution in [0.25, 0.3) is 0 Å². The number of thioether (sulfide) groups is 1. The number of rotatable bonds is 5. The Balaban J connectivity index is 1.38. The molecule has 0 saturated carbocycles. The molecule has 2 aliphatic heterocycles. The van der Waals surface area contributed by atoms with Gasteiger partial charge in [0.15, 0.2) is 22.5 Å². The maximum absolute atomic E-state index is 15.4. The van der Waals surface area contributed by atoms with Crippen LogP contribution in [-0.2, 0) is 24.9 Å². The Morgan fingerprint density at radius 2 is 1.78 bits per heavy atom. The summed E-state index contributed by atoms with van der Waals surface area (Å²) in [7, 11) is 3.01. The van der Waals surface area contributed by atoms with Crippen molar-refractivity contribution < 1.29 is 23.5 Å². The molecule has 3 aliphatic rings. The summed E-state index contributed by atoms with van der Waals surface area (Å²) < 4.78 is 31.8. The van der Waals surface area contributed by atoms with Gasteiger partial charge in [-0.25, -0.2) is 23.5 Å². The lowest BCUT2D eigenvalue weighted by molar-refractivity contribution is -0.00844. The normalized spacial score (nSPS) is 17.5. The second kappa shape index (κ2) is 11.0. The van der Waals surface area contributed by atoms with Crippen LogP contribution in [-0.4, -0.2) is 87.7 Å². The molecular formula is C27H25ClF2N10O3S2. The summed E-state index contributed by atoms with van der Waals surface area (Å²) in [6, 6.07) is 4.29. The number of amides is 2. The Morgan fingerprint density at radius 3 is 2.38 bits per heavy atom. The van der Waals surface area contributed by atoms with Crippen LogP contribution in [0.1, 0.15) is 44.2 Å². The van der Waals surface area contributed by atoms with Crippen molar-refractivity contribution in [2.75, 3.05) is 55.1 Å². The van der Waals surface area contributed by atoms with Crippen LogP contribution in [0.3, 0.4) is 0 Å². The minimum atomic E-state index is -3.31. The molecule has 45 heavy (non-hydrogen) atoms. The van der Waals surface area contributed by atoms with Crippen molar-refractivity contribution in [3.8, 4) is 12.1 Å². The average molecular weight is 675 g/mol. The lowest BCUT2D eigenvalue weighted by atomic mass is 9.74. The molecule has 5 heterocycles. The van der Waals surface area contributed by atoms with Crippen molar-refractivity contribution >= 4 is 63.3 Å². The number of alkyl halides is 2. The molecule has 1 saturated heterocycles. The SMILES string of the molecule is CSc1nc(N2Cc3c(Cl)c(C(=O)N(C)C)nn3CC(F)(F)C2)c(C#N)c(N2CC3(CCc4sc(NC(=O)O)c(C#N)c43)C2)n1. The fourth-order valence-corrected chi connectivity index (χ4v) is 8.13. The van der Waals surface area contributed by atoms with Crippen LogP contribution in [0, 0.1) is 22.7 Å². The third-order valence-corrected chi connectivity index (χ3v) is 10.3. The maximum atomic E-state index is 15.4. The molecular weight excluding hydrogens is 650 g/mol. The van der Waals surface area contributed by atoms with Gasteiger partial charge < -0.3 is 19.8 Å². The van der Waals surface area contributed by atoms with Gasteiger partial charge in [0, 0.05) is 37.5 Å². The lowest BCUT2D eigenvalue weighted by Gasteiger charge is -2.49. The highest BCUT2D eigenvalue weighted by Gasteiger charge is 2.52. The molecule has 0 bridgehead atoms. The minimum absolute atomic E-state index is 0.00408. The fourth-order valence-electron chi connectivity index (χ4n) is 6.24. The second-order valence-electron chi connectivity index (χ2n) is 11.3. The first kappa shape index (κ1) is 30.8. The predicted molar refractivity (Wildman–Crippen MR) is 163 cm³/mol. The van der Waals surface area contributed by atoms with E-state index in [-0.39, 0.29) is 50.3 Å². The summed E-state index contributed by atoms with van der Waals surface area (Å²) in [4.78, 5) is 38.4. The van der Waals surface area contributed by atoms with E-state index in [9.17, 15) is 25.2 Å². The molecule has 18 heteroatoms. The van der Waals surface area contributed by atoms with Crippen molar-refractivity contribution in [3.63, 3.8) is 0 Å². The van der Waals surface area contributed by atoms with Crippen LogP contribution >= 0.6 is 34.7 Å². The number of nitriles is 2. The Morgan fingerprint density at radius 1 is 1.11 bits per heavy atom. The number of thiophene rings is 1. The molecule has 1 aliphatic carbocycles. The fraction of sp³-hybridized carbons (Fsp3) is 0.444. The van der Waals surface area contributed by atoms with Gasteiger partial charge in [-0.1, -0.05) is 23.4 Å². The van der Waals surface area contributed by atoms with E-state index in [1.54, 1.807) is 6.26 Å². The van der Waals surface area contributed by atoms with Gasteiger partial charge in [-0.15, -0.1) is 11.3 Å². The monoisotopic (exact) mass is 674 g/mol. The number of aryl methyl sites for hydroxylation is 1. The van der Waals surface area contributed by atoms with Crippen molar-refractivity contribution in [2.24, 2.45) is 0 Å². The zero-order valence-electron chi connectivity index (χ0n) is 24.2. The summed E-state index contributed by atoms with van der Waals surface area (Å²) in [5.41, 5.74) is 0.725. The van der Waals surface area contributed by atoms with Crippen LogP contribution in [0.15, 0.2) is 5.16 Å². The molecule has 13 nitrogen and oxygen atoms in total. The number of anilines is 3. The highest BCUT2D eigenvalue weighted by molar-refractivity contribution is 7.98. The molecule has 0 unspecified atom stereocenters. The third-order valence-electron chi connectivity index (χ3n) is 8.15. The molecule has 2 N–H and O–H groups in total. The Bertz CT molecular complexity index is 1840. The Hall–Kier alpha value is -4.19. The summed E-state index contributed by atoms with van der Waals surface area (Å²) in [6.07, 6.45) is 1.89. The van der Waals surface area contributed by atoms with Crippen molar-refractivity contribution in [3.05, 3.63) is 38.0 Å². The van der Waals surface area contributed by atoms with Crippen LogP contribution in [0.4, 0.5) is 30.2 Å². The number of carbonyl (C=O) groups excluding carboxylic acids is 1. The molecule has 0 atom stereocenters. The highest BCUT2D eigenvalue weighted by atomic mass is 35.5. The molecule has 3 aromatic heterocycles. The number of fused-ring (bicyclic) bond motifs is 3. The maximum Gasteiger partial charge on any atom is 0.409 e. The molecule has 234 valence electrons. The van der Waals surface area contributed by atoms with Crippen molar-refractivity contribution in [1.82, 2.24) is 24.6 Å². The van der Waals surface area contributed by atoms with E-state index in [2.05, 4.69) is 32.5 Å². The van der Waals surface area contributed by atoms with Gasteiger partial charge in [0.2, 0.25) is 0 Å². The van der Waals surface area contributed by atoms with Crippen molar-refractivity contribution in [2.45, 2.75) is 42.4 Å². The summed E-state index contributed by atoms with van der Waals surface area (Å²) in [5, 5.41) is 36.4. The molecule has 3 aromatic rings. The number of nitrogens with one attached hydrogen (secondary N) is 1. The van der Waals surface area contributed by atoms with Gasteiger partial charge >= 0.3 is 6.09 Å². The smallest absolute Gasteiger partial charge is 0.409 e. The Kier molecular flexibility index (Phi) is 7.54. The van der Waals surface area contributed by atoms with Gasteiger partial charge in [0.05, 0.1) is 29.4 Å². The number of carbonyl (C=O) groups is 2. The van der Waals surface area contributed by atoms with E-state index < -0.39 is 36.4 Å². The number of carboxylic acid groups (broad SMARTS) is 1. The van der Waals surface area contributed by atoms with Gasteiger partial charge in [-0.2, -0.15) is 15.6 Å². The molecule has 2 amide bonds. The zero-order chi connectivity index (χ0) is 32.4. The number of hydrogen-bond acceptors (Lipinski definition) is 11. The van der Waals surface area contributed by atoms with E-state index in [0.29, 0.717) is 25.1 Å². The van der Waals surface area contributed by atoms with E-state index in [4.69, 9.17) is 11.6 Å². The van der Waals surface area contributed by atoms with E-state index in [0.717, 1.165) is 21.5 Å². The standard InChI is InChI=1S/C27H25ClF2N10O3S2/c1-37(2)23(41)19-18(28)15-8-38(11-27(29,30)12-40(15)36-19)20-14(7-32)21(34-24(33-20)44-3)39-9-26(10-39)5-4-16-17(26)13(6-31)22(45-16)35-25(42)43/h35H,4-5,8-12H2,1-3H3,(H,42,43). The predicted octanol–water partition coefficient (Wildman–Crippen LogP) is 4.00. The van der Waals surface area contributed by atoms with Gasteiger partial charge in [-0.3, -0.25) is 14.8 Å². The van der Waals surface area contributed by atoms with Gasteiger partial charge in [-0.05, 0) is 24.7 Å². The largest absolute Gasteiger partial charge is 0.465 e. The molecule has 1 spiro atoms. The van der Waals surface area contributed by atoms with Crippen LogP contribution < -0.4 is 15.1 Å². The summed E-state index contributed by atoms with van der Waals surface area (Å²) in [6.45, 7) is -1.00. The quantitative estimate of drug-likeness (QED) is 0.296. The number of hydrogen-bond donors (Lipinski definition) is 2. The first-order valence-corrected chi connectivity index (χ1v) is 16.0. The molecule has 6 rings (SSSR count). The van der Waals surface area contributed by atoms with E-state index in [1.807, 2.05) is 4.90 Å². The Labute approximate surface area is 269 Å². The third kappa shape index (κ3) is 5.08. The highest BCUT2D eigenvalue weighted by Crippen LogP contribution is 2.53. The van der Waals surface area contributed by atoms with Crippen LogP contribution in [0.5, 0.6) is 0 Å². The topological polar surface area (TPSA) is 167 Å². The van der Waals surface area contributed by atoms with E-state index >= 15 is 8.78 Å². The number of nitrogens with zero attached hydrogens (tertiary/aromatic N) is 9. The molecule has 0 radical (unpaired) electrons. The minimum Gasteiger partial charge on any atom is -0.465 e. The van der Waals surface area contributed by atoms with Gasteiger partial charge in [0.1, 0.15) is 29.2 Å². The van der Waals surface area contributed by atoms with Gasteiger partial charge in [0.25, 0.3) is 11.8 Å². The van der Waals surface area contributed by atoms with Crippen molar-refractivity contribution in [1.29, 1.82) is 10.5 Å². The van der Waals surface area contributed by atoms with Crippen LogP contribution in [0.2, 0.25) is 5.02 Å². The summed E-state index contributed by atoms with van der Waals surface area (Å²) in [5.74, 6) is -3.56. The first-order chi connectivity index (χ1) is 21.3. The first-order valence-electron chi connectivity index (χ1n) is 13.6. The number of aromatic nitrogens is 4. The average Bonchev–Trinajstić information content (AvgIpc) is 3.56. The zero-order valence-corrected chi connectivity index (χ0v) is 26.6. The molecule has 0 aromatic carbocycles. The summed E-state index contributed by atoms with van der Waals surface area (Å²) >= 11 is 8.99. The lowest BCUT2D eigenvalue weighted by Crippen LogP contribution is -2.59.